The third kappa shape index (κ3) is 5.92. The lowest BCUT2D eigenvalue weighted by molar-refractivity contribution is -0.117. The van der Waals surface area contributed by atoms with Crippen LogP contribution >= 0.6 is 16.1 Å². The van der Waals surface area contributed by atoms with Gasteiger partial charge in [0.15, 0.2) is 0 Å². The maximum atomic E-state index is 12.6. The molecule has 0 saturated carbocycles. The molecule has 3 rings (SSSR count). The van der Waals surface area contributed by atoms with Crippen molar-refractivity contribution < 1.29 is 57.4 Å². The van der Waals surface area contributed by atoms with Crippen molar-refractivity contribution in [3.63, 3.8) is 0 Å². The zero-order valence-corrected chi connectivity index (χ0v) is 21.1. The number of hydrogen-bond donors (Lipinski definition) is 7. The second-order valence-electron chi connectivity index (χ2n) is 8.67. The van der Waals surface area contributed by atoms with E-state index in [-0.39, 0.29) is 18.6 Å². The van der Waals surface area contributed by atoms with Crippen LogP contribution in [0.2, 0.25) is 0 Å². The van der Waals surface area contributed by atoms with Crippen LogP contribution in [0.1, 0.15) is 27.2 Å². The van der Waals surface area contributed by atoms with E-state index in [1.54, 1.807) is 6.07 Å². The summed E-state index contributed by atoms with van der Waals surface area (Å²) in [4.78, 5) is 71.2. The van der Waals surface area contributed by atoms with Crippen molar-refractivity contribution in [3.8, 4) is 5.75 Å². The Morgan fingerprint density at radius 3 is 2.33 bits per heavy atom. The molecule has 1 aromatic carbocycles. The largest absolute Gasteiger partial charge is 0.612 e. The molecule has 13 nitrogen and oxygen atoms in total. The first-order valence-electron chi connectivity index (χ1n) is 10.3. The van der Waals surface area contributed by atoms with Gasteiger partial charge in [-0.15, -0.1) is 0 Å². The molecule has 2 heterocycles. The molecule has 3 aromatic rings. The highest BCUT2D eigenvalue weighted by molar-refractivity contribution is 7.71. The second-order valence-corrected chi connectivity index (χ2v) is 12.6. The van der Waals surface area contributed by atoms with Gasteiger partial charge in [-0.05, 0) is 32.9 Å². The minimum atomic E-state index is -5.10. The van der Waals surface area contributed by atoms with Crippen LogP contribution in [-0.2, 0) is 9.11 Å². The summed E-state index contributed by atoms with van der Waals surface area (Å²) in [5, 5.41) is 19.9. The lowest BCUT2D eigenvalue weighted by Gasteiger charge is -2.25. The third-order valence-corrected chi connectivity index (χ3v) is 8.98. The molecule has 7 N–H and O–H groups in total. The summed E-state index contributed by atoms with van der Waals surface area (Å²) in [6.45, 7) is 2.96. The summed E-state index contributed by atoms with van der Waals surface area (Å²) < 4.78 is 20.5. The van der Waals surface area contributed by atoms with Crippen LogP contribution < -0.4 is 10.4 Å². The number of hydrogen-bond acceptors (Lipinski definition) is 13. The third-order valence-electron chi connectivity index (χ3n) is 5.52. The van der Waals surface area contributed by atoms with E-state index >= 15 is 0 Å². The molecule has 2 aromatic heterocycles. The number of ketones is 1. The fourth-order valence-corrected chi connectivity index (χ4v) is 5.49. The summed E-state index contributed by atoms with van der Waals surface area (Å²) in [7, 11) is -9.99. The van der Waals surface area contributed by atoms with Crippen LogP contribution in [-0.4, -0.2) is 57.8 Å². The van der Waals surface area contributed by atoms with Crippen molar-refractivity contribution in [1.82, 2.24) is 0 Å². The number of aliphatic hydroxyl groups excluding tert-OH is 1. The first-order chi connectivity index (χ1) is 16.4. The Labute approximate surface area is 204 Å². The van der Waals surface area contributed by atoms with Gasteiger partial charge in [0.1, 0.15) is 28.3 Å². The monoisotopic (exact) mass is 548 g/mol. The zero-order chi connectivity index (χ0) is 27.1. The smallest absolute Gasteiger partial charge is 0.509 e. The highest BCUT2D eigenvalue weighted by Gasteiger charge is 2.67. The summed E-state index contributed by atoms with van der Waals surface area (Å²) in [6.07, 6.45) is 1.71. The van der Waals surface area contributed by atoms with Gasteiger partial charge >= 0.3 is 21.7 Å². The highest BCUT2D eigenvalue weighted by Crippen LogP contribution is 2.73. The lowest BCUT2D eigenvalue weighted by Crippen LogP contribution is -2.36. The Morgan fingerprint density at radius 1 is 1.06 bits per heavy atom. The number of ether oxygens (including phenoxy) is 1. The van der Waals surface area contributed by atoms with Gasteiger partial charge in [-0.25, -0.2) is 4.79 Å². The summed E-state index contributed by atoms with van der Waals surface area (Å²) in [6, 6.07) is 5.88. The lowest BCUT2D eigenvalue weighted by atomic mass is 9.97. The van der Waals surface area contributed by atoms with E-state index in [1.165, 1.54) is 31.4 Å². The number of rotatable bonds is 10. The van der Waals surface area contributed by atoms with Crippen LogP contribution in [0.25, 0.3) is 21.9 Å². The zero-order valence-electron chi connectivity index (χ0n) is 19.4. The summed E-state index contributed by atoms with van der Waals surface area (Å²) in [5.41, 5.74) is -2.00. The van der Waals surface area contributed by atoms with E-state index in [9.17, 15) is 29.6 Å². The molecule has 1 atom stereocenters. The number of aliphatic hydroxyl groups is 2. The van der Waals surface area contributed by atoms with Gasteiger partial charge in [0.25, 0.3) is 0 Å². The van der Waals surface area contributed by atoms with Gasteiger partial charge in [0, 0.05) is 24.6 Å². The minimum absolute atomic E-state index is 0.187. The molecule has 0 radical (unpaired) electrons. The molecule has 0 bridgehead atoms. The van der Waals surface area contributed by atoms with Gasteiger partial charge in [-0.2, -0.15) is 24.5 Å². The van der Waals surface area contributed by atoms with E-state index in [4.69, 9.17) is 28.3 Å². The Kier molecular flexibility index (Phi) is 7.65. The van der Waals surface area contributed by atoms with E-state index in [1.807, 2.05) is 0 Å². The molecular weight excluding hydrogens is 522 g/mol. The molecule has 0 fully saturated rings. The van der Waals surface area contributed by atoms with Crippen molar-refractivity contribution in [2.24, 2.45) is 0 Å². The van der Waals surface area contributed by atoms with Crippen molar-refractivity contribution in [2.45, 2.75) is 37.9 Å². The molecule has 196 valence electrons. The summed E-state index contributed by atoms with van der Waals surface area (Å²) >= 11 is 0. The maximum Gasteiger partial charge on any atom is 0.612 e. The normalized spacial score (nSPS) is 15.3. The predicted molar refractivity (Wildman–Crippen MR) is 129 cm³/mol. The molecular formula is C21H26O13P2+2. The SMILES string of the molecule is CC(C)(C(=O)/C=C(/O)[C@@](C)(O)CCOc1c2ccoc2cc2oc(=O)ccc12)[P+](O)(O)O[P+](O)(O)O. The number of benzene rings is 1. The van der Waals surface area contributed by atoms with E-state index in [0.29, 0.717) is 28.2 Å². The van der Waals surface area contributed by atoms with Gasteiger partial charge < -0.3 is 23.8 Å². The van der Waals surface area contributed by atoms with Crippen LogP contribution in [0.15, 0.2) is 56.0 Å². The predicted octanol–water partition coefficient (Wildman–Crippen LogP) is 2.27. The Balaban J connectivity index is 1.78. The number of carbonyl (C=O) groups excluding carboxylic acids is 1. The van der Waals surface area contributed by atoms with Gasteiger partial charge in [0.2, 0.25) is 10.9 Å². The topological polar surface area (TPSA) is 220 Å². The van der Waals surface area contributed by atoms with Crippen LogP contribution in [0.4, 0.5) is 0 Å². The number of allylic oxidation sites excluding steroid dienone is 1. The molecule has 0 spiro atoms. The fourth-order valence-electron chi connectivity index (χ4n) is 3.10. The molecule has 0 aliphatic heterocycles. The van der Waals surface area contributed by atoms with Gasteiger partial charge in [-0.1, -0.05) is 0 Å². The average Bonchev–Trinajstić information content (AvgIpc) is 3.19. The van der Waals surface area contributed by atoms with E-state index < -0.39 is 44.0 Å². The maximum absolute atomic E-state index is 12.6. The quantitative estimate of drug-likeness (QED) is 0.0837. The number of carbonyl (C=O) groups is 1. The molecule has 15 heteroatoms. The number of fused-ring (bicyclic) bond motifs is 2. The Hall–Kier alpha value is -2.44. The van der Waals surface area contributed by atoms with E-state index in [0.717, 1.165) is 13.8 Å². The van der Waals surface area contributed by atoms with Gasteiger partial charge in [0.05, 0.1) is 28.0 Å². The highest BCUT2D eigenvalue weighted by atomic mass is 31.3. The van der Waals surface area contributed by atoms with Crippen LogP contribution in [0, 0.1) is 0 Å². The van der Waals surface area contributed by atoms with Gasteiger partial charge in [-0.3, -0.25) is 4.79 Å². The minimum Gasteiger partial charge on any atom is -0.509 e. The molecule has 36 heavy (non-hydrogen) atoms. The Bertz CT molecular complexity index is 1360. The average molecular weight is 548 g/mol. The molecule has 0 saturated heterocycles. The van der Waals surface area contributed by atoms with Crippen molar-refractivity contribution in [1.29, 1.82) is 0 Å². The van der Waals surface area contributed by atoms with Crippen LogP contribution in [0.3, 0.4) is 0 Å². The standard InChI is InChI=1S/C21H25O13P2/c1-20(2,35(26,27)34-36(28,29)30)16(22)11-17(23)21(3,25)7-9-32-19-12-4-5-18(24)33-15(12)10-14-13(19)6-8-31-14/h4-6,8,10-11,25-30H,7,9H2,1-3H3/q+1/p+1/t21-/m0/s1. The molecule has 0 aliphatic rings. The van der Waals surface area contributed by atoms with Crippen molar-refractivity contribution >= 4 is 43.8 Å². The molecule has 0 unspecified atom stereocenters. The Morgan fingerprint density at radius 2 is 1.69 bits per heavy atom. The first kappa shape index (κ1) is 28.1. The van der Waals surface area contributed by atoms with Crippen molar-refractivity contribution in [3.05, 3.63) is 52.8 Å². The fraction of sp³-hybridized carbons (Fsp3) is 0.333. The molecule has 0 aliphatic carbocycles. The van der Waals surface area contributed by atoms with E-state index in [2.05, 4.69) is 4.31 Å². The second kappa shape index (κ2) is 9.79. The number of furan rings is 1. The summed E-state index contributed by atoms with van der Waals surface area (Å²) in [5.74, 6) is -1.69. The van der Waals surface area contributed by atoms with Crippen molar-refractivity contribution in [2.75, 3.05) is 6.61 Å². The van der Waals surface area contributed by atoms with Crippen LogP contribution in [0.5, 0.6) is 5.75 Å². The molecule has 0 amide bonds. The first-order valence-corrected chi connectivity index (χ1v) is 13.5.